The second kappa shape index (κ2) is 7.72. The molecule has 0 unspecified atom stereocenters. The van der Waals surface area contributed by atoms with Crippen LogP contribution in [0.4, 0.5) is 4.39 Å². The molecule has 0 bridgehead atoms. The average molecular weight is 364 g/mol. The van der Waals surface area contributed by atoms with Crippen molar-refractivity contribution in [3.8, 4) is 5.82 Å². The molecular formula is C21H21FN4O. The fourth-order valence-corrected chi connectivity index (χ4v) is 3.55. The van der Waals surface area contributed by atoms with Crippen molar-refractivity contribution < 1.29 is 9.18 Å². The summed E-state index contributed by atoms with van der Waals surface area (Å²) in [6.45, 7) is 0.621. The van der Waals surface area contributed by atoms with Crippen LogP contribution in [0.1, 0.15) is 30.1 Å². The maximum Gasteiger partial charge on any atom is 0.220 e. The standard InChI is InChI=1S/C21H21FN4O/c22-16-6-3-5-15(13-16)21-18(9-10-20(27)25-21)24-14-17-7-4-12-26(17)19-8-1-2-11-23-19/h1-8,11-13,18,21,24H,9-10,14H2,(H,25,27)/t18-,21+/m1/s1. The number of piperidine rings is 1. The van der Waals surface area contributed by atoms with Crippen LogP contribution in [-0.4, -0.2) is 21.5 Å². The lowest BCUT2D eigenvalue weighted by atomic mass is 9.92. The molecule has 0 spiro atoms. The monoisotopic (exact) mass is 364 g/mol. The minimum atomic E-state index is -0.296. The van der Waals surface area contributed by atoms with E-state index < -0.39 is 0 Å². The van der Waals surface area contributed by atoms with Crippen LogP contribution in [-0.2, 0) is 11.3 Å². The maximum atomic E-state index is 13.7. The number of carbonyl (C=O) groups excluding carboxylic acids is 1. The molecule has 1 aliphatic heterocycles. The van der Waals surface area contributed by atoms with E-state index in [-0.39, 0.29) is 23.8 Å². The molecule has 138 valence electrons. The molecular weight excluding hydrogens is 343 g/mol. The van der Waals surface area contributed by atoms with Crippen molar-refractivity contribution in [1.82, 2.24) is 20.2 Å². The SMILES string of the molecule is O=C1CC[C@@H](NCc2cccn2-c2ccccn2)[C@H](c2cccc(F)c2)N1. The van der Waals surface area contributed by atoms with E-state index in [0.29, 0.717) is 19.4 Å². The zero-order chi connectivity index (χ0) is 18.6. The van der Waals surface area contributed by atoms with Crippen molar-refractivity contribution in [3.63, 3.8) is 0 Å². The van der Waals surface area contributed by atoms with E-state index in [1.165, 1.54) is 12.1 Å². The van der Waals surface area contributed by atoms with Crippen LogP contribution in [0, 0.1) is 5.82 Å². The van der Waals surface area contributed by atoms with E-state index in [2.05, 4.69) is 15.6 Å². The number of rotatable bonds is 5. The van der Waals surface area contributed by atoms with Gasteiger partial charge in [0.25, 0.3) is 0 Å². The van der Waals surface area contributed by atoms with E-state index in [1.54, 1.807) is 12.3 Å². The number of carbonyl (C=O) groups is 1. The predicted octanol–water partition coefficient (Wildman–Crippen LogP) is 3.12. The molecule has 0 radical (unpaired) electrons. The van der Waals surface area contributed by atoms with Crippen molar-refractivity contribution in [3.05, 3.63) is 84.1 Å². The molecule has 2 N–H and O–H groups in total. The van der Waals surface area contributed by atoms with Crippen LogP contribution >= 0.6 is 0 Å². The molecule has 27 heavy (non-hydrogen) atoms. The molecule has 0 saturated carbocycles. The molecule has 2 aromatic heterocycles. The van der Waals surface area contributed by atoms with Crippen LogP contribution in [0.3, 0.4) is 0 Å². The molecule has 3 aromatic rings. The number of amides is 1. The Balaban J connectivity index is 1.52. The third-order valence-corrected chi connectivity index (χ3v) is 4.88. The van der Waals surface area contributed by atoms with E-state index in [9.17, 15) is 9.18 Å². The number of hydrogen-bond acceptors (Lipinski definition) is 3. The molecule has 1 aliphatic rings. The zero-order valence-corrected chi connectivity index (χ0v) is 14.8. The number of benzene rings is 1. The summed E-state index contributed by atoms with van der Waals surface area (Å²) in [6, 6.07) is 16.0. The number of halogens is 1. The molecule has 2 atom stereocenters. The van der Waals surface area contributed by atoms with Crippen molar-refractivity contribution >= 4 is 5.91 Å². The van der Waals surface area contributed by atoms with Crippen LogP contribution in [0.15, 0.2) is 67.0 Å². The van der Waals surface area contributed by atoms with Gasteiger partial charge in [-0.25, -0.2) is 9.37 Å². The lowest BCUT2D eigenvalue weighted by Crippen LogP contribution is -2.48. The predicted molar refractivity (Wildman–Crippen MR) is 101 cm³/mol. The van der Waals surface area contributed by atoms with E-state index >= 15 is 0 Å². The summed E-state index contributed by atoms with van der Waals surface area (Å²) < 4.78 is 15.7. The number of pyridine rings is 1. The maximum absolute atomic E-state index is 13.7. The minimum Gasteiger partial charge on any atom is -0.348 e. The largest absolute Gasteiger partial charge is 0.348 e. The van der Waals surface area contributed by atoms with Gasteiger partial charge in [-0.1, -0.05) is 18.2 Å². The summed E-state index contributed by atoms with van der Waals surface area (Å²) in [4.78, 5) is 16.3. The second-order valence-electron chi connectivity index (χ2n) is 6.68. The Hall–Kier alpha value is -2.99. The normalized spacial score (nSPS) is 19.7. The van der Waals surface area contributed by atoms with E-state index in [1.807, 2.05) is 47.2 Å². The number of hydrogen-bond donors (Lipinski definition) is 2. The summed E-state index contributed by atoms with van der Waals surface area (Å²) in [5, 5.41) is 6.54. The summed E-state index contributed by atoms with van der Waals surface area (Å²) in [5.41, 5.74) is 1.85. The lowest BCUT2D eigenvalue weighted by Gasteiger charge is -2.33. The van der Waals surface area contributed by atoms with Gasteiger partial charge in [-0.2, -0.15) is 0 Å². The first-order chi connectivity index (χ1) is 13.2. The Morgan fingerprint density at radius 1 is 1.19 bits per heavy atom. The summed E-state index contributed by atoms with van der Waals surface area (Å²) in [7, 11) is 0. The highest BCUT2D eigenvalue weighted by molar-refractivity contribution is 5.77. The number of nitrogens with one attached hydrogen (secondary N) is 2. The Morgan fingerprint density at radius 2 is 2.11 bits per heavy atom. The van der Waals surface area contributed by atoms with E-state index in [4.69, 9.17) is 0 Å². The van der Waals surface area contributed by atoms with Crippen LogP contribution < -0.4 is 10.6 Å². The van der Waals surface area contributed by atoms with Crippen LogP contribution in [0.25, 0.3) is 5.82 Å². The van der Waals surface area contributed by atoms with Gasteiger partial charge in [0.2, 0.25) is 5.91 Å². The summed E-state index contributed by atoms with van der Waals surface area (Å²) in [5.74, 6) is 0.562. The number of aromatic nitrogens is 2. The Bertz CT molecular complexity index is 925. The fourth-order valence-electron chi connectivity index (χ4n) is 3.55. The third kappa shape index (κ3) is 3.90. The molecule has 5 nitrogen and oxygen atoms in total. The van der Waals surface area contributed by atoms with Crippen molar-refractivity contribution in [2.75, 3.05) is 0 Å². The Labute approximate surface area is 157 Å². The first kappa shape index (κ1) is 17.4. The molecule has 1 saturated heterocycles. The molecule has 1 aromatic carbocycles. The second-order valence-corrected chi connectivity index (χ2v) is 6.68. The smallest absolute Gasteiger partial charge is 0.220 e. The molecule has 6 heteroatoms. The summed E-state index contributed by atoms with van der Waals surface area (Å²) >= 11 is 0. The Morgan fingerprint density at radius 3 is 2.93 bits per heavy atom. The van der Waals surface area contributed by atoms with Crippen LogP contribution in [0.2, 0.25) is 0 Å². The lowest BCUT2D eigenvalue weighted by molar-refractivity contribution is -0.123. The molecule has 3 heterocycles. The van der Waals surface area contributed by atoms with Gasteiger partial charge < -0.3 is 15.2 Å². The first-order valence-corrected chi connectivity index (χ1v) is 9.06. The topological polar surface area (TPSA) is 59.0 Å². The van der Waals surface area contributed by atoms with Gasteiger partial charge in [0.05, 0.1) is 6.04 Å². The van der Waals surface area contributed by atoms with Gasteiger partial charge in [0, 0.05) is 37.1 Å². The Kier molecular flexibility index (Phi) is 4.98. The summed E-state index contributed by atoms with van der Waals surface area (Å²) in [6.07, 6.45) is 4.91. The molecule has 0 aliphatic carbocycles. The van der Waals surface area contributed by atoms with Gasteiger partial charge in [-0.15, -0.1) is 0 Å². The zero-order valence-electron chi connectivity index (χ0n) is 14.8. The van der Waals surface area contributed by atoms with Gasteiger partial charge in [0.1, 0.15) is 11.6 Å². The van der Waals surface area contributed by atoms with Gasteiger partial charge >= 0.3 is 0 Å². The van der Waals surface area contributed by atoms with Gasteiger partial charge in [-0.05, 0) is 48.4 Å². The average Bonchev–Trinajstić information content (AvgIpc) is 3.16. The highest BCUT2D eigenvalue weighted by Gasteiger charge is 2.29. The number of nitrogens with zero attached hydrogens (tertiary/aromatic N) is 2. The van der Waals surface area contributed by atoms with Gasteiger partial charge in [-0.3, -0.25) is 4.79 Å². The highest BCUT2D eigenvalue weighted by atomic mass is 19.1. The molecule has 1 amide bonds. The molecule has 4 rings (SSSR count). The molecule has 1 fully saturated rings. The van der Waals surface area contributed by atoms with Crippen molar-refractivity contribution in [1.29, 1.82) is 0 Å². The first-order valence-electron chi connectivity index (χ1n) is 9.06. The third-order valence-electron chi connectivity index (χ3n) is 4.88. The van der Waals surface area contributed by atoms with Crippen LogP contribution in [0.5, 0.6) is 0 Å². The minimum absolute atomic E-state index is 0.000767. The van der Waals surface area contributed by atoms with Crippen molar-refractivity contribution in [2.24, 2.45) is 0 Å². The van der Waals surface area contributed by atoms with E-state index in [0.717, 1.165) is 17.1 Å². The van der Waals surface area contributed by atoms with Gasteiger partial charge in [0.15, 0.2) is 0 Å². The highest BCUT2D eigenvalue weighted by Crippen LogP contribution is 2.25. The fraction of sp³-hybridized carbons (Fsp3) is 0.238. The quantitative estimate of drug-likeness (QED) is 0.731. The van der Waals surface area contributed by atoms with Crippen molar-refractivity contribution in [2.45, 2.75) is 31.5 Å².